The number of nitrogen functional groups attached to an aromatic ring is 1. The molecule has 0 bridgehead atoms. The van der Waals surface area contributed by atoms with Crippen molar-refractivity contribution in [2.75, 3.05) is 17.6 Å². The average molecular weight is 255 g/mol. The van der Waals surface area contributed by atoms with Gasteiger partial charge in [-0.3, -0.25) is 0 Å². The molecule has 94 valence electrons. The number of sulfonamides is 1. The SMILES string of the molecule is CC1CC1CNc1ccc(S(N)(=O)=O)cc1N. The van der Waals surface area contributed by atoms with E-state index in [0.29, 0.717) is 11.6 Å². The molecule has 0 amide bonds. The van der Waals surface area contributed by atoms with Crippen LogP contribution in [0.25, 0.3) is 0 Å². The van der Waals surface area contributed by atoms with Crippen LogP contribution >= 0.6 is 0 Å². The Morgan fingerprint density at radius 3 is 2.59 bits per heavy atom. The Bertz CT molecular complexity index is 528. The van der Waals surface area contributed by atoms with E-state index in [1.54, 1.807) is 6.07 Å². The fourth-order valence-corrected chi connectivity index (χ4v) is 2.35. The molecule has 2 rings (SSSR count). The molecule has 1 fully saturated rings. The van der Waals surface area contributed by atoms with Crippen LogP contribution in [0.15, 0.2) is 23.1 Å². The lowest BCUT2D eigenvalue weighted by Gasteiger charge is -2.10. The first-order chi connectivity index (χ1) is 7.88. The molecule has 1 aliphatic carbocycles. The first kappa shape index (κ1) is 12.2. The maximum Gasteiger partial charge on any atom is 0.238 e. The molecule has 0 aromatic heterocycles. The largest absolute Gasteiger partial charge is 0.397 e. The maximum atomic E-state index is 11.1. The highest BCUT2D eigenvalue weighted by molar-refractivity contribution is 7.89. The molecule has 5 nitrogen and oxygen atoms in total. The van der Waals surface area contributed by atoms with Gasteiger partial charge in [0.15, 0.2) is 0 Å². The van der Waals surface area contributed by atoms with E-state index in [9.17, 15) is 8.42 Å². The van der Waals surface area contributed by atoms with Crippen LogP contribution in [0, 0.1) is 11.8 Å². The van der Waals surface area contributed by atoms with Crippen LogP contribution in [-0.4, -0.2) is 15.0 Å². The lowest BCUT2D eigenvalue weighted by molar-refractivity contribution is 0.598. The van der Waals surface area contributed by atoms with Crippen molar-refractivity contribution in [1.82, 2.24) is 0 Å². The number of nitrogens with one attached hydrogen (secondary N) is 1. The fraction of sp³-hybridized carbons (Fsp3) is 0.455. The Morgan fingerprint density at radius 1 is 1.47 bits per heavy atom. The van der Waals surface area contributed by atoms with Crippen LogP contribution in [-0.2, 0) is 10.0 Å². The highest BCUT2D eigenvalue weighted by Crippen LogP contribution is 2.37. The molecule has 17 heavy (non-hydrogen) atoms. The van der Waals surface area contributed by atoms with Crippen LogP contribution in [0.2, 0.25) is 0 Å². The van der Waals surface area contributed by atoms with Crippen molar-refractivity contribution in [1.29, 1.82) is 0 Å². The highest BCUT2D eigenvalue weighted by atomic mass is 32.2. The van der Waals surface area contributed by atoms with Crippen molar-refractivity contribution in [3.63, 3.8) is 0 Å². The van der Waals surface area contributed by atoms with Gasteiger partial charge in [0, 0.05) is 6.54 Å². The third-order valence-electron chi connectivity index (χ3n) is 3.18. The van der Waals surface area contributed by atoms with Gasteiger partial charge < -0.3 is 11.1 Å². The highest BCUT2D eigenvalue weighted by Gasteiger charge is 2.31. The first-order valence-electron chi connectivity index (χ1n) is 5.54. The van der Waals surface area contributed by atoms with Gasteiger partial charge in [-0.2, -0.15) is 0 Å². The van der Waals surface area contributed by atoms with E-state index < -0.39 is 10.0 Å². The molecule has 0 heterocycles. The van der Waals surface area contributed by atoms with Crippen molar-refractivity contribution in [2.24, 2.45) is 17.0 Å². The molecule has 2 atom stereocenters. The summed E-state index contributed by atoms with van der Waals surface area (Å²) < 4.78 is 22.2. The number of primary sulfonamides is 1. The van der Waals surface area contributed by atoms with Gasteiger partial charge in [0.05, 0.1) is 16.3 Å². The first-order valence-corrected chi connectivity index (χ1v) is 7.09. The predicted octanol–water partition coefficient (Wildman–Crippen LogP) is 0.984. The fourth-order valence-electron chi connectivity index (χ4n) is 1.80. The molecule has 1 aromatic carbocycles. The van der Waals surface area contributed by atoms with Crippen LogP contribution in [0.4, 0.5) is 11.4 Å². The summed E-state index contributed by atoms with van der Waals surface area (Å²) in [5.74, 6) is 1.47. The third kappa shape index (κ3) is 2.89. The molecule has 1 saturated carbocycles. The number of nitrogens with two attached hydrogens (primary N) is 2. The van der Waals surface area contributed by atoms with Crippen LogP contribution in [0.5, 0.6) is 0 Å². The normalized spacial score (nSPS) is 23.4. The third-order valence-corrected chi connectivity index (χ3v) is 4.09. The van der Waals surface area contributed by atoms with Gasteiger partial charge in [-0.15, -0.1) is 0 Å². The van der Waals surface area contributed by atoms with Crippen LogP contribution in [0.3, 0.4) is 0 Å². The zero-order chi connectivity index (χ0) is 12.6. The minimum absolute atomic E-state index is 0.0420. The second-order valence-electron chi connectivity index (χ2n) is 4.65. The van der Waals surface area contributed by atoms with Gasteiger partial charge in [-0.25, -0.2) is 13.6 Å². The van der Waals surface area contributed by atoms with Gasteiger partial charge in [0.25, 0.3) is 0 Å². The summed E-state index contributed by atoms with van der Waals surface area (Å²) in [4.78, 5) is 0.0420. The Kier molecular flexibility index (Phi) is 3.01. The van der Waals surface area contributed by atoms with Crippen LogP contribution in [0.1, 0.15) is 13.3 Å². The lowest BCUT2D eigenvalue weighted by atomic mass is 10.2. The number of hydrogen-bond donors (Lipinski definition) is 3. The van der Waals surface area contributed by atoms with Crippen molar-refractivity contribution in [2.45, 2.75) is 18.2 Å². The molecule has 6 heteroatoms. The molecular weight excluding hydrogens is 238 g/mol. The van der Waals surface area contributed by atoms with E-state index >= 15 is 0 Å². The summed E-state index contributed by atoms with van der Waals surface area (Å²) in [6, 6.07) is 4.50. The van der Waals surface area contributed by atoms with E-state index in [0.717, 1.165) is 18.2 Å². The summed E-state index contributed by atoms with van der Waals surface area (Å²) in [6.45, 7) is 3.08. The van der Waals surface area contributed by atoms with Gasteiger partial charge >= 0.3 is 0 Å². The van der Waals surface area contributed by atoms with Gasteiger partial charge in [-0.05, 0) is 36.5 Å². The molecule has 1 aliphatic rings. The van der Waals surface area contributed by atoms with E-state index in [1.807, 2.05) is 0 Å². The second-order valence-corrected chi connectivity index (χ2v) is 6.21. The minimum Gasteiger partial charge on any atom is -0.397 e. The lowest BCUT2D eigenvalue weighted by Crippen LogP contribution is -2.13. The molecule has 0 spiro atoms. The standard InChI is InChI=1S/C11H17N3O2S/c1-7-4-8(7)6-14-11-3-2-9(5-10(11)12)17(13,15)16/h2-3,5,7-8,14H,4,6,12H2,1H3,(H2,13,15,16). The Morgan fingerprint density at radius 2 is 2.12 bits per heavy atom. The van der Waals surface area contributed by atoms with E-state index in [2.05, 4.69) is 12.2 Å². The topological polar surface area (TPSA) is 98.2 Å². The number of anilines is 2. The smallest absolute Gasteiger partial charge is 0.238 e. The predicted molar refractivity (Wildman–Crippen MR) is 68.0 cm³/mol. The quantitative estimate of drug-likeness (QED) is 0.698. The summed E-state index contributed by atoms with van der Waals surface area (Å²) in [6.07, 6.45) is 1.24. The number of benzene rings is 1. The number of rotatable bonds is 4. The van der Waals surface area contributed by atoms with Gasteiger partial charge in [-0.1, -0.05) is 6.92 Å². The minimum atomic E-state index is -3.68. The second kappa shape index (κ2) is 4.19. The Labute approximate surface area is 101 Å². The van der Waals surface area contributed by atoms with E-state index in [-0.39, 0.29) is 4.90 Å². The average Bonchev–Trinajstić information content (AvgIpc) is 2.91. The van der Waals surface area contributed by atoms with E-state index in [4.69, 9.17) is 10.9 Å². The van der Waals surface area contributed by atoms with Crippen molar-refractivity contribution in [3.8, 4) is 0 Å². The molecular formula is C11H17N3O2S. The molecule has 1 aromatic rings. The zero-order valence-corrected chi connectivity index (χ0v) is 10.5. The van der Waals surface area contributed by atoms with Crippen molar-refractivity contribution >= 4 is 21.4 Å². The molecule has 0 saturated heterocycles. The molecule has 0 aliphatic heterocycles. The molecule has 0 radical (unpaired) electrons. The van der Waals surface area contributed by atoms with Crippen LogP contribution < -0.4 is 16.2 Å². The Hall–Kier alpha value is -1.27. The summed E-state index contributed by atoms with van der Waals surface area (Å²) >= 11 is 0. The van der Waals surface area contributed by atoms with Gasteiger partial charge in [0.1, 0.15) is 0 Å². The van der Waals surface area contributed by atoms with Crippen molar-refractivity contribution < 1.29 is 8.42 Å². The van der Waals surface area contributed by atoms with E-state index in [1.165, 1.54) is 18.6 Å². The summed E-state index contributed by atoms with van der Waals surface area (Å²) in [5.41, 5.74) is 6.94. The van der Waals surface area contributed by atoms with Gasteiger partial charge in [0.2, 0.25) is 10.0 Å². The molecule has 5 N–H and O–H groups in total. The van der Waals surface area contributed by atoms with Crippen molar-refractivity contribution in [3.05, 3.63) is 18.2 Å². The summed E-state index contributed by atoms with van der Waals surface area (Å²) in [5, 5.41) is 8.25. The molecule has 2 unspecified atom stereocenters. The monoisotopic (exact) mass is 255 g/mol. The number of hydrogen-bond acceptors (Lipinski definition) is 4. The maximum absolute atomic E-state index is 11.1. The zero-order valence-electron chi connectivity index (χ0n) is 9.68. The Balaban J connectivity index is 2.09. The summed E-state index contributed by atoms with van der Waals surface area (Å²) in [7, 11) is -3.68.